The highest BCUT2D eigenvalue weighted by Gasteiger charge is 2.44. The molecule has 5 rings (SSSR count). The Morgan fingerprint density at radius 1 is 1.20 bits per heavy atom. The lowest BCUT2D eigenvalue weighted by molar-refractivity contribution is -0.142. The highest BCUT2D eigenvalue weighted by atomic mass is 16.2. The van der Waals surface area contributed by atoms with Crippen LogP contribution in [0.4, 0.5) is 5.69 Å². The average Bonchev–Trinajstić information content (AvgIpc) is 3.73. The molecule has 12 nitrogen and oxygen atoms in total. The van der Waals surface area contributed by atoms with Gasteiger partial charge < -0.3 is 20.1 Å². The van der Waals surface area contributed by atoms with Gasteiger partial charge in [-0.3, -0.25) is 29.2 Å². The van der Waals surface area contributed by atoms with Gasteiger partial charge in [0, 0.05) is 32.1 Å². The molecule has 0 bridgehead atoms. The Hall–Kier alpha value is -4.48. The Balaban J connectivity index is 1.35. The van der Waals surface area contributed by atoms with E-state index in [1.165, 1.54) is 4.90 Å². The third-order valence-electron chi connectivity index (χ3n) is 8.18. The molecule has 2 aliphatic rings. The summed E-state index contributed by atoms with van der Waals surface area (Å²) in [5, 5.41) is 12.6. The van der Waals surface area contributed by atoms with Crippen LogP contribution in [-0.4, -0.2) is 73.5 Å². The molecule has 3 N–H and O–H groups in total. The van der Waals surface area contributed by atoms with Crippen molar-refractivity contribution in [3.8, 4) is 0 Å². The van der Waals surface area contributed by atoms with Gasteiger partial charge in [-0.15, -0.1) is 0 Å². The van der Waals surface area contributed by atoms with Crippen LogP contribution in [0.15, 0.2) is 49.2 Å². The summed E-state index contributed by atoms with van der Waals surface area (Å²) in [6.45, 7) is 4.20. The third-order valence-corrected chi connectivity index (χ3v) is 8.18. The van der Waals surface area contributed by atoms with Crippen LogP contribution >= 0.6 is 0 Å². The van der Waals surface area contributed by atoms with Gasteiger partial charge in [0.25, 0.3) is 0 Å². The summed E-state index contributed by atoms with van der Waals surface area (Å²) in [4.78, 5) is 61.3. The maximum atomic E-state index is 14.1. The molecular weight excluding hydrogens is 524 g/mol. The van der Waals surface area contributed by atoms with Crippen LogP contribution in [0.1, 0.15) is 43.5 Å². The van der Waals surface area contributed by atoms with Crippen LogP contribution in [0.5, 0.6) is 0 Å². The zero-order valence-electron chi connectivity index (χ0n) is 23.5. The SMILES string of the molecule is CC[C@H](C)[C@@H](C(=O)NC1CCc2cccc3c2N(C1=O)C(C(=O)NCc1ccn[nH]1)C3)N(C)C(=O)Cn1ccnc1. The molecule has 12 heteroatoms. The summed E-state index contributed by atoms with van der Waals surface area (Å²) in [5.41, 5.74) is 3.43. The van der Waals surface area contributed by atoms with Crippen molar-refractivity contribution in [1.82, 2.24) is 35.3 Å². The minimum Gasteiger partial charge on any atom is -0.349 e. The lowest BCUT2D eigenvalue weighted by Gasteiger charge is -2.33. The first-order chi connectivity index (χ1) is 19.8. The van der Waals surface area contributed by atoms with E-state index in [1.807, 2.05) is 32.0 Å². The molecule has 0 fully saturated rings. The van der Waals surface area contributed by atoms with E-state index in [4.69, 9.17) is 0 Å². The monoisotopic (exact) mass is 560 g/mol. The number of carbonyl (C=O) groups excluding carboxylic acids is 4. The van der Waals surface area contributed by atoms with Crippen molar-refractivity contribution in [3.63, 3.8) is 0 Å². The number of aryl methyl sites for hydroxylation is 1. The first-order valence-corrected chi connectivity index (χ1v) is 14.0. The van der Waals surface area contributed by atoms with E-state index in [0.29, 0.717) is 25.7 Å². The number of aromatic amines is 1. The topological polar surface area (TPSA) is 145 Å². The normalized spacial score (nSPS) is 19.2. The van der Waals surface area contributed by atoms with Crippen molar-refractivity contribution < 1.29 is 19.2 Å². The van der Waals surface area contributed by atoms with E-state index in [9.17, 15) is 19.2 Å². The molecule has 41 heavy (non-hydrogen) atoms. The first-order valence-electron chi connectivity index (χ1n) is 14.0. The van der Waals surface area contributed by atoms with Crippen molar-refractivity contribution in [1.29, 1.82) is 0 Å². The second-order valence-corrected chi connectivity index (χ2v) is 10.8. The molecule has 1 aromatic carbocycles. The number of hydrogen-bond acceptors (Lipinski definition) is 6. The van der Waals surface area contributed by atoms with E-state index in [2.05, 4.69) is 25.8 Å². The molecular formula is C29H36N8O4. The predicted octanol–water partition coefficient (Wildman–Crippen LogP) is 1.18. The van der Waals surface area contributed by atoms with Crippen LogP contribution in [0.2, 0.25) is 0 Å². The predicted molar refractivity (Wildman–Crippen MR) is 150 cm³/mol. The molecule has 0 saturated carbocycles. The summed E-state index contributed by atoms with van der Waals surface area (Å²) in [6, 6.07) is 5.29. The maximum absolute atomic E-state index is 14.1. The van der Waals surface area contributed by atoms with Gasteiger partial charge >= 0.3 is 0 Å². The fraction of sp³-hybridized carbons (Fsp3) is 0.448. The molecule has 0 spiro atoms. The van der Waals surface area contributed by atoms with Gasteiger partial charge in [0.2, 0.25) is 23.6 Å². The van der Waals surface area contributed by atoms with Crippen LogP contribution in [0, 0.1) is 5.92 Å². The van der Waals surface area contributed by atoms with Crippen molar-refractivity contribution in [2.24, 2.45) is 5.92 Å². The molecule has 216 valence electrons. The number of amides is 4. The van der Waals surface area contributed by atoms with Crippen molar-refractivity contribution in [2.75, 3.05) is 11.9 Å². The van der Waals surface area contributed by atoms with E-state index in [0.717, 1.165) is 22.5 Å². The highest BCUT2D eigenvalue weighted by molar-refractivity contribution is 6.08. The van der Waals surface area contributed by atoms with Crippen LogP contribution in [0.3, 0.4) is 0 Å². The largest absolute Gasteiger partial charge is 0.349 e. The Morgan fingerprint density at radius 3 is 2.71 bits per heavy atom. The van der Waals surface area contributed by atoms with E-state index in [1.54, 1.807) is 47.5 Å². The summed E-state index contributed by atoms with van der Waals surface area (Å²) in [7, 11) is 1.62. The van der Waals surface area contributed by atoms with Gasteiger partial charge in [-0.2, -0.15) is 5.10 Å². The first kappa shape index (κ1) is 28.1. The molecule has 0 saturated heterocycles. The van der Waals surface area contributed by atoms with Gasteiger partial charge in [-0.05, 0) is 36.0 Å². The fourth-order valence-electron chi connectivity index (χ4n) is 5.76. The summed E-state index contributed by atoms with van der Waals surface area (Å²) < 4.78 is 1.65. The summed E-state index contributed by atoms with van der Waals surface area (Å²) >= 11 is 0. The zero-order chi connectivity index (χ0) is 29.1. The van der Waals surface area contributed by atoms with Gasteiger partial charge in [-0.1, -0.05) is 38.5 Å². The number of hydrogen-bond donors (Lipinski definition) is 3. The van der Waals surface area contributed by atoms with Crippen molar-refractivity contribution in [3.05, 3.63) is 66.0 Å². The number of nitrogens with one attached hydrogen (secondary N) is 3. The number of aromatic nitrogens is 4. The Bertz CT molecular complexity index is 1400. The molecule has 4 heterocycles. The van der Waals surface area contributed by atoms with Crippen LogP contribution in [0.25, 0.3) is 0 Å². The van der Waals surface area contributed by atoms with E-state index >= 15 is 0 Å². The van der Waals surface area contributed by atoms with Gasteiger partial charge in [0.05, 0.1) is 24.3 Å². The highest BCUT2D eigenvalue weighted by Crippen LogP contribution is 2.39. The van der Waals surface area contributed by atoms with Gasteiger partial charge in [0.1, 0.15) is 24.7 Å². The quantitative estimate of drug-likeness (QED) is 0.340. The molecule has 2 unspecified atom stereocenters. The smallest absolute Gasteiger partial charge is 0.250 e. The Kier molecular flexibility index (Phi) is 8.18. The minimum atomic E-state index is -0.840. The number of rotatable bonds is 10. The number of carbonyl (C=O) groups is 4. The number of para-hydroxylation sites is 1. The average molecular weight is 561 g/mol. The molecule has 4 atom stereocenters. The number of imidazole rings is 1. The fourth-order valence-corrected chi connectivity index (χ4v) is 5.76. The minimum absolute atomic E-state index is 0.0558. The van der Waals surface area contributed by atoms with E-state index in [-0.39, 0.29) is 42.6 Å². The number of H-pyrrole nitrogens is 1. The lowest BCUT2D eigenvalue weighted by Crippen LogP contribution is -2.58. The Morgan fingerprint density at radius 2 is 2.00 bits per heavy atom. The molecule has 3 aromatic rings. The number of benzene rings is 1. The van der Waals surface area contributed by atoms with Crippen LogP contribution < -0.4 is 15.5 Å². The summed E-state index contributed by atoms with van der Waals surface area (Å²) in [6.07, 6.45) is 8.47. The third kappa shape index (κ3) is 5.72. The Labute approximate surface area is 238 Å². The molecule has 2 aromatic heterocycles. The zero-order valence-corrected chi connectivity index (χ0v) is 23.5. The molecule has 4 amide bonds. The molecule has 0 aliphatic carbocycles. The second kappa shape index (κ2) is 11.9. The summed E-state index contributed by atoms with van der Waals surface area (Å²) in [5.74, 6) is -1.36. The van der Waals surface area contributed by atoms with E-state index < -0.39 is 18.1 Å². The number of likely N-dealkylation sites (N-methyl/N-ethyl adjacent to an activating group) is 1. The van der Waals surface area contributed by atoms with Crippen molar-refractivity contribution >= 4 is 29.3 Å². The van der Waals surface area contributed by atoms with Gasteiger partial charge in [-0.25, -0.2) is 4.98 Å². The van der Waals surface area contributed by atoms with Crippen molar-refractivity contribution in [2.45, 2.75) is 70.7 Å². The maximum Gasteiger partial charge on any atom is 0.250 e. The number of anilines is 1. The van der Waals surface area contributed by atoms with Crippen LogP contribution in [-0.2, 0) is 45.1 Å². The lowest BCUT2D eigenvalue weighted by atomic mass is 9.96. The second-order valence-electron chi connectivity index (χ2n) is 10.8. The molecule has 2 aliphatic heterocycles. The standard InChI is InChI=1S/C29H36N8O4/c1-4-18(2)25(35(3)24(38)16-36-13-12-30-17-36)28(40)33-22-9-8-19-6-5-7-20-14-23(37(26(19)20)29(22)41)27(39)31-15-21-10-11-32-34-21/h5-7,10-13,17-18,22-23,25H,4,8-9,14-16H2,1-3H3,(H,31,39)(H,32,34)(H,33,40)/t18-,22?,23?,25-/m0/s1. The molecule has 0 radical (unpaired) electrons. The van der Waals surface area contributed by atoms with Gasteiger partial charge in [0.15, 0.2) is 0 Å². The number of nitrogens with zero attached hydrogens (tertiary/aromatic N) is 5.